The van der Waals surface area contributed by atoms with Crippen molar-refractivity contribution in [3.8, 4) is 17.2 Å². The zero-order chi connectivity index (χ0) is 20.4. The number of nitrogens with one attached hydrogen (secondary N) is 2. The fourth-order valence-electron chi connectivity index (χ4n) is 2.95. The van der Waals surface area contributed by atoms with Crippen molar-refractivity contribution in [2.75, 3.05) is 7.05 Å². The Bertz CT molecular complexity index is 1270. The predicted octanol–water partition coefficient (Wildman–Crippen LogP) is 3.33. The van der Waals surface area contributed by atoms with Crippen LogP contribution in [0.4, 0.5) is 5.69 Å². The fraction of sp³-hybridized carbons (Fsp3) is 0.100. The molecule has 2 heterocycles. The normalized spacial score (nSPS) is 12.2. The second-order valence-corrected chi connectivity index (χ2v) is 8.33. The lowest BCUT2D eigenvalue weighted by Gasteiger charge is -2.03. The number of fused-ring (bicyclic) bond motifs is 1. The molecule has 148 valence electrons. The smallest absolute Gasteiger partial charge is 0.215 e. The van der Waals surface area contributed by atoms with E-state index in [1.807, 2.05) is 18.2 Å². The molecule has 0 aliphatic rings. The molecule has 0 fully saturated rings. The molecular weight excluding hydrogens is 392 g/mol. The summed E-state index contributed by atoms with van der Waals surface area (Å²) in [5, 5.41) is 11.1. The van der Waals surface area contributed by atoms with Crippen LogP contribution in [0.5, 0.6) is 5.88 Å². The molecule has 0 aliphatic carbocycles. The molecule has 8 nitrogen and oxygen atoms in total. The SMILES string of the molecule is CNS(=O)(=O)Cc1ccc(N=Cc2c(O)[nH]c3ccc(-c4cnco4)cc23)cc1. The van der Waals surface area contributed by atoms with Crippen LogP contribution in [-0.4, -0.2) is 36.8 Å². The highest BCUT2D eigenvalue weighted by Gasteiger charge is 2.12. The van der Waals surface area contributed by atoms with E-state index in [9.17, 15) is 13.5 Å². The van der Waals surface area contributed by atoms with Crippen molar-refractivity contribution in [2.24, 2.45) is 4.99 Å². The molecule has 9 heteroatoms. The Balaban J connectivity index is 1.62. The molecule has 0 bridgehead atoms. The predicted molar refractivity (Wildman–Crippen MR) is 111 cm³/mol. The van der Waals surface area contributed by atoms with E-state index in [0.717, 1.165) is 16.5 Å². The summed E-state index contributed by atoms with van der Waals surface area (Å²) in [6, 6.07) is 12.5. The standard InChI is InChI=1S/C20H18N4O4S/c1-21-29(26,27)11-13-2-5-15(6-3-13)23-9-17-16-8-14(19-10-22-12-28-19)4-7-18(16)24-20(17)25/h2-10,12,21,24-25H,11H2,1H3. The van der Waals surface area contributed by atoms with Gasteiger partial charge in [-0.3, -0.25) is 4.99 Å². The Hall–Kier alpha value is -3.43. The molecule has 29 heavy (non-hydrogen) atoms. The number of nitrogens with zero attached hydrogens (tertiary/aromatic N) is 2. The molecule has 2 aromatic carbocycles. The molecule has 4 rings (SSSR count). The lowest BCUT2D eigenvalue weighted by atomic mass is 10.1. The topological polar surface area (TPSA) is 121 Å². The van der Waals surface area contributed by atoms with Gasteiger partial charge < -0.3 is 14.5 Å². The third-order valence-electron chi connectivity index (χ3n) is 4.48. The minimum atomic E-state index is -3.32. The van der Waals surface area contributed by atoms with Crippen molar-refractivity contribution in [2.45, 2.75) is 5.75 Å². The number of sulfonamides is 1. The molecule has 0 radical (unpaired) electrons. The lowest BCUT2D eigenvalue weighted by Crippen LogP contribution is -2.20. The highest BCUT2D eigenvalue weighted by atomic mass is 32.2. The Morgan fingerprint density at radius 2 is 2.03 bits per heavy atom. The molecule has 0 spiro atoms. The fourth-order valence-corrected chi connectivity index (χ4v) is 3.73. The minimum absolute atomic E-state index is 0.00945. The molecule has 0 saturated carbocycles. The van der Waals surface area contributed by atoms with E-state index in [4.69, 9.17) is 4.42 Å². The van der Waals surface area contributed by atoms with Gasteiger partial charge in [0, 0.05) is 22.7 Å². The van der Waals surface area contributed by atoms with Crippen molar-refractivity contribution in [1.29, 1.82) is 0 Å². The second kappa shape index (κ2) is 7.53. The third kappa shape index (κ3) is 4.05. The van der Waals surface area contributed by atoms with E-state index in [1.54, 1.807) is 36.7 Å². The first-order valence-electron chi connectivity index (χ1n) is 8.73. The number of aliphatic imine (C=N–C) groups is 1. The molecule has 0 aliphatic heterocycles. The zero-order valence-corrected chi connectivity index (χ0v) is 16.3. The first-order chi connectivity index (χ1) is 13.9. The lowest BCUT2D eigenvalue weighted by molar-refractivity contribution is 0.457. The van der Waals surface area contributed by atoms with Crippen LogP contribution >= 0.6 is 0 Å². The number of aromatic amines is 1. The molecule has 4 aromatic rings. The second-order valence-electron chi connectivity index (χ2n) is 6.40. The zero-order valence-electron chi connectivity index (χ0n) is 15.5. The van der Waals surface area contributed by atoms with Gasteiger partial charge >= 0.3 is 0 Å². The number of benzene rings is 2. The van der Waals surface area contributed by atoms with Gasteiger partial charge in [-0.2, -0.15) is 0 Å². The number of aromatic hydroxyl groups is 1. The van der Waals surface area contributed by atoms with Crippen LogP contribution < -0.4 is 4.72 Å². The van der Waals surface area contributed by atoms with E-state index < -0.39 is 10.0 Å². The Labute approximate surface area is 167 Å². The van der Waals surface area contributed by atoms with Gasteiger partial charge in [0.25, 0.3) is 0 Å². The number of hydrogen-bond donors (Lipinski definition) is 3. The van der Waals surface area contributed by atoms with Crippen LogP contribution in [-0.2, 0) is 15.8 Å². The van der Waals surface area contributed by atoms with Gasteiger partial charge in [-0.05, 0) is 42.9 Å². The van der Waals surface area contributed by atoms with Gasteiger partial charge in [-0.25, -0.2) is 18.1 Å². The summed E-state index contributed by atoms with van der Waals surface area (Å²) in [6.07, 6.45) is 4.55. The van der Waals surface area contributed by atoms with Gasteiger partial charge in [-0.1, -0.05) is 12.1 Å². The summed E-state index contributed by atoms with van der Waals surface area (Å²) in [4.78, 5) is 11.3. The molecule has 0 unspecified atom stereocenters. The van der Waals surface area contributed by atoms with E-state index in [-0.39, 0.29) is 11.6 Å². The molecule has 2 aromatic heterocycles. The van der Waals surface area contributed by atoms with Crippen molar-refractivity contribution in [1.82, 2.24) is 14.7 Å². The van der Waals surface area contributed by atoms with Crippen LogP contribution in [0.2, 0.25) is 0 Å². The van der Waals surface area contributed by atoms with Crippen molar-refractivity contribution >= 4 is 32.8 Å². The van der Waals surface area contributed by atoms with Crippen LogP contribution in [0.15, 0.2) is 64.5 Å². The average Bonchev–Trinajstić information content (AvgIpc) is 3.34. The Kier molecular flexibility index (Phi) is 4.91. The quantitative estimate of drug-likeness (QED) is 0.421. The average molecular weight is 410 g/mol. The van der Waals surface area contributed by atoms with E-state index in [1.165, 1.54) is 13.4 Å². The highest BCUT2D eigenvalue weighted by molar-refractivity contribution is 7.88. The molecule has 0 atom stereocenters. The van der Waals surface area contributed by atoms with E-state index in [0.29, 0.717) is 22.6 Å². The first-order valence-corrected chi connectivity index (χ1v) is 10.4. The van der Waals surface area contributed by atoms with Crippen LogP contribution in [0.1, 0.15) is 11.1 Å². The number of H-pyrrole nitrogens is 1. The molecule has 3 N–H and O–H groups in total. The molecular formula is C20H18N4O4S. The molecule has 0 saturated heterocycles. The summed E-state index contributed by atoms with van der Waals surface area (Å²) < 4.78 is 30.9. The summed E-state index contributed by atoms with van der Waals surface area (Å²) in [5.41, 5.74) is 3.43. The number of aromatic nitrogens is 2. The number of oxazole rings is 1. The van der Waals surface area contributed by atoms with Crippen LogP contribution in [0.3, 0.4) is 0 Å². The maximum absolute atomic E-state index is 11.6. The van der Waals surface area contributed by atoms with Crippen LogP contribution in [0.25, 0.3) is 22.2 Å². The maximum atomic E-state index is 11.6. The Morgan fingerprint density at radius 3 is 2.72 bits per heavy atom. The monoisotopic (exact) mass is 410 g/mol. The summed E-state index contributed by atoms with van der Waals surface area (Å²) >= 11 is 0. The van der Waals surface area contributed by atoms with Gasteiger partial charge in [-0.15, -0.1) is 0 Å². The van der Waals surface area contributed by atoms with Gasteiger partial charge in [0.15, 0.2) is 18.0 Å². The number of rotatable bonds is 6. The largest absolute Gasteiger partial charge is 0.494 e. The van der Waals surface area contributed by atoms with Crippen molar-refractivity contribution < 1.29 is 17.9 Å². The highest BCUT2D eigenvalue weighted by Crippen LogP contribution is 2.30. The van der Waals surface area contributed by atoms with Crippen molar-refractivity contribution in [3.05, 3.63) is 66.2 Å². The number of hydrogen-bond acceptors (Lipinski definition) is 6. The molecule has 0 amide bonds. The third-order valence-corrected chi connectivity index (χ3v) is 5.82. The van der Waals surface area contributed by atoms with Gasteiger partial charge in [0.1, 0.15) is 0 Å². The minimum Gasteiger partial charge on any atom is -0.494 e. The van der Waals surface area contributed by atoms with Crippen molar-refractivity contribution in [3.63, 3.8) is 0 Å². The van der Waals surface area contributed by atoms with Gasteiger partial charge in [0.2, 0.25) is 10.0 Å². The van der Waals surface area contributed by atoms with E-state index in [2.05, 4.69) is 19.7 Å². The van der Waals surface area contributed by atoms with E-state index >= 15 is 0 Å². The summed E-state index contributed by atoms with van der Waals surface area (Å²) in [6.45, 7) is 0. The Morgan fingerprint density at radius 1 is 1.24 bits per heavy atom. The van der Waals surface area contributed by atoms with Crippen LogP contribution in [0, 0.1) is 0 Å². The maximum Gasteiger partial charge on any atom is 0.215 e. The summed E-state index contributed by atoms with van der Waals surface area (Å²) in [5.74, 6) is 0.541. The summed E-state index contributed by atoms with van der Waals surface area (Å²) in [7, 11) is -1.94. The van der Waals surface area contributed by atoms with Gasteiger partial charge in [0.05, 0.1) is 23.2 Å². The first kappa shape index (κ1) is 18.9.